The first-order valence-corrected chi connectivity index (χ1v) is 7.18. The molecule has 0 atom stereocenters. The van der Waals surface area contributed by atoms with Crippen LogP contribution in [0.1, 0.15) is 0 Å². The molecular formula is C17H14N6. The van der Waals surface area contributed by atoms with E-state index < -0.39 is 0 Å². The van der Waals surface area contributed by atoms with E-state index >= 15 is 0 Å². The van der Waals surface area contributed by atoms with E-state index in [1.165, 1.54) is 5.39 Å². The van der Waals surface area contributed by atoms with E-state index in [1.54, 1.807) is 12.4 Å². The molecule has 0 saturated carbocycles. The summed E-state index contributed by atoms with van der Waals surface area (Å²) in [5.74, 6) is 6.79. The van der Waals surface area contributed by atoms with E-state index in [1.807, 2.05) is 34.9 Å². The lowest BCUT2D eigenvalue weighted by Gasteiger charge is -2.11. The molecule has 112 valence electrons. The van der Waals surface area contributed by atoms with E-state index in [4.69, 9.17) is 5.84 Å². The second kappa shape index (κ2) is 5.51. The maximum Gasteiger partial charge on any atom is 0.243 e. The van der Waals surface area contributed by atoms with Crippen LogP contribution in [0.15, 0.2) is 67.0 Å². The number of rotatable bonds is 3. The molecule has 0 unspecified atom stereocenters. The summed E-state index contributed by atoms with van der Waals surface area (Å²) >= 11 is 0. The number of hydrazine groups is 1. The van der Waals surface area contributed by atoms with Gasteiger partial charge in [0.25, 0.3) is 0 Å². The molecule has 0 bridgehead atoms. The Balaban J connectivity index is 1.94. The van der Waals surface area contributed by atoms with Crippen LogP contribution in [0, 0.1) is 0 Å². The number of hydrogen-bond acceptors (Lipinski definition) is 5. The summed E-state index contributed by atoms with van der Waals surface area (Å²) in [7, 11) is 0. The van der Waals surface area contributed by atoms with Gasteiger partial charge in [0, 0.05) is 18.0 Å². The topological polar surface area (TPSA) is 81.7 Å². The Morgan fingerprint density at radius 2 is 1.65 bits per heavy atom. The van der Waals surface area contributed by atoms with Crippen LogP contribution in [-0.4, -0.2) is 19.7 Å². The standard InChI is InChI=1S/C17H14N6/c18-20-17-22-21-16(13-7-9-19-10-8-13)23(17)15-6-5-12-3-1-2-4-14(12)11-15/h1-11H,18H2,(H,20,22). The number of anilines is 1. The molecule has 2 aromatic heterocycles. The zero-order valence-corrected chi connectivity index (χ0v) is 12.2. The van der Waals surface area contributed by atoms with Crippen molar-refractivity contribution in [2.75, 3.05) is 5.43 Å². The minimum absolute atomic E-state index is 0.479. The number of nitrogens with zero attached hydrogens (tertiary/aromatic N) is 4. The van der Waals surface area contributed by atoms with Gasteiger partial charge in [0.05, 0.1) is 5.69 Å². The van der Waals surface area contributed by atoms with E-state index in [0.29, 0.717) is 11.8 Å². The number of pyridine rings is 1. The van der Waals surface area contributed by atoms with Crippen molar-refractivity contribution in [3.8, 4) is 17.1 Å². The normalized spacial score (nSPS) is 10.8. The molecule has 0 amide bonds. The molecule has 0 aliphatic rings. The highest BCUT2D eigenvalue weighted by atomic mass is 15.4. The lowest BCUT2D eigenvalue weighted by molar-refractivity contribution is 1.04. The first kappa shape index (κ1) is 13.4. The molecule has 0 saturated heterocycles. The van der Waals surface area contributed by atoms with Gasteiger partial charge in [0.15, 0.2) is 5.82 Å². The third-order valence-corrected chi connectivity index (χ3v) is 3.72. The fourth-order valence-corrected chi connectivity index (χ4v) is 2.63. The highest BCUT2D eigenvalue weighted by Gasteiger charge is 2.15. The van der Waals surface area contributed by atoms with Crippen LogP contribution in [0.5, 0.6) is 0 Å². The van der Waals surface area contributed by atoms with Crippen LogP contribution in [0.3, 0.4) is 0 Å². The number of aromatic nitrogens is 4. The smallest absolute Gasteiger partial charge is 0.243 e. The summed E-state index contributed by atoms with van der Waals surface area (Å²) in [6, 6.07) is 18.2. The van der Waals surface area contributed by atoms with Gasteiger partial charge in [-0.1, -0.05) is 30.3 Å². The summed E-state index contributed by atoms with van der Waals surface area (Å²) < 4.78 is 1.89. The summed E-state index contributed by atoms with van der Waals surface area (Å²) in [6.45, 7) is 0. The van der Waals surface area contributed by atoms with Crippen LogP contribution in [-0.2, 0) is 0 Å². The molecular weight excluding hydrogens is 288 g/mol. The summed E-state index contributed by atoms with van der Waals surface area (Å²) in [4.78, 5) is 4.04. The molecule has 2 heterocycles. The van der Waals surface area contributed by atoms with Crippen molar-refractivity contribution in [2.24, 2.45) is 5.84 Å². The van der Waals surface area contributed by atoms with Crippen LogP contribution >= 0.6 is 0 Å². The maximum atomic E-state index is 5.61. The predicted molar refractivity (Wildman–Crippen MR) is 89.9 cm³/mol. The Bertz CT molecular complexity index is 961. The molecule has 4 aromatic rings. The fourth-order valence-electron chi connectivity index (χ4n) is 2.63. The molecule has 0 spiro atoms. The zero-order valence-electron chi connectivity index (χ0n) is 12.2. The van der Waals surface area contributed by atoms with Gasteiger partial charge < -0.3 is 0 Å². The molecule has 0 aliphatic heterocycles. The molecule has 0 aliphatic carbocycles. The average molecular weight is 302 g/mol. The van der Waals surface area contributed by atoms with Gasteiger partial charge in [-0.15, -0.1) is 10.2 Å². The van der Waals surface area contributed by atoms with Crippen LogP contribution in [0.25, 0.3) is 27.8 Å². The van der Waals surface area contributed by atoms with Crippen molar-refractivity contribution < 1.29 is 0 Å². The van der Waals surface area contributed by atoms with Crippen molar-refractivity contribution in [3.05, 3.63) is 67.0 Å². The second-order valence-corrected chi connectivity index (χ2v) is 5.09. The number of hydrogen-bond donors (Lipinski definition) is 2. The van der Waals surface area contributed by atoms with E-state index in [9.17, 15) is 0 Å². The lowest BCUT2D eigenvalue weighted by atomic mass is 10.1. The quantitative estimate of drug-likeness (QED) is 0.449. The molecule has 0 radical (unpaired) electrons. The van der Waals surface area contributed by atoms with Crippen LogP contribution < -0.4 is 11.3 Å². The fraction of sp³-hybridized carbons (Fsp3) is 0. The molecule has 23 heavy (non-hydrogen) atoms. The molecule has 2 aromatic carbocycles. The number of nitrogen functional groups attached to an aromatic ring is 1. The molecule has 0 fully saturated rings. The molecule has 6 heteroatoms. The van der Waals surface area contributed by atoms with Gasteiger partial charge in [-0.2, -0.15) is 0 Å². The Hall–Kier alpha value is -3.25. The largest absolute Gasteiger partial charge is 0.292 e. The highest BCUT2D eigenvalue weighted by Crippen LogP contribution is 2.26. The van der Waals surface area contributed by atoms with Gasteiger partial charge in [0.1, 0.15) is 0 Å². The van der Waals surface area contributed by atoms with Gasteiger partial charge in [-0.25, -0.2) is 5.84 Å². The first-order valence-electron chi connectivity index (χ1n) is 7.18. The van der Waals surface area contributed by atoms with E-state index in [2.05, 4.69) is 44.9 Å². The number of fused-ring (bicyclic) bond motifs is 1. The third-order valence-electron chi connectivity index (χ3n) is 3.72. The monoisotopic (exact) mass is 302 g/mol. The van der Waals surface area contributed by atoms with E-state index in [0.717, 1.165) is 16.6 Å². The number of benzene rings is 2. The molecule has 4 rings (SSSR count). The number of nitrogens with two attached hydrogens (primary N) is 1. The van der Waals surface area contributed by atoms with Crippen molar-refractivity contribution in [3.63, 3.8) is 0 Å². The van der Waals surface area contributed by atoms with Crippen molar-refractivity contribution >= 4 is 16.7 Å². The minimum Gasteiger partial charge on any atom is -0.292 e. The van der Waals surface area contributed by atoms with Crippen LogP contribution in [0.4, 0.5) is 5.95 Å². The molecule has 3 N–H and O–H groups in total. The minimum atomic E-state index is 0.479. The predicted octanol–water partition coefficient (Wildman–Crippen LogP) is 2.77. The maximum absolute atomic E-state index is 5.61. The zero-order chi connectivity index (χ0) is 15.6. The van der Waals surface area contributed by atoms with Gasteiger partial charge in [0.2, 0.25) is 5.95 Å². The van der Waals surface area contributed by atoms with Crippen molar-refractivity contribution in [1.29, 1.82) is 0 Å². The Morgan fingerprint density at radius 1 is 0.870 bits per heavy atom. The lowest BCUT2D eigenvalue weighted by Crippen LogP contribution is -2.13. The van der Waals surface area contributed by atoms with Gasteiger partial charge >= 0.3 is 0 Å². The first-order chi connectivity index (χ1) is 11.4. The number of nitrogens with one attached hydrogen (secondary N) is 1. The van der Waals surface area contributed by atoms with Gasteiger partial charge in [-0.3, -0.25) is 15.0 Å². The van der Waals surface area contributed by atoms with Crippen molar-refractivity contribution in [2.45, 2.75) is 0 Å². The second-order valence-electron chi connectivity index (χ2n) is 5.09. The SMILES string of the molecule is NNc1nnc(-c2ccncc2)n1-c1ccc2ccccc2c1. The Labute approximate surface area is 132 Å². The third kappa shape index (κ3) is 2.31. The summed E-state index contributed by atoms with van der Waals surface area (Å²) in [5, 5.41) is 10.7. The molecule has 6 nitrogen and oxygen atoms in total. The van der Waals surface area contributed by atoms with Crippen molar-refractivity contribution in [1.82, 2.24) is 19.7 Å². The van der Waals surface area contributed by atoms with E-state index in [-0.39, 0.29) is 0 Å². The summed E-state index contributed by atoms with van der Waals surface area (Å²) in [5.41, 5.74) is 4.46. The summed E-state index contributed by atoms with van der Waals surface area (Å²) in [6.07, 6.45) is 3.45. The van der Waals surface area contributed by atoms with Crippen LogP contribution in [0.2, 0.25) is 0 Å². The highest BCUT2D eigenvalue weighted by molar-refractivity contribution is 5.84. The van der Waals surface area contributed by atoms with Gasteiger partial charge in [-0.05, 0) is 35.0 Å². The Kier molecular flexibility index (Phi) is 3.21. The average Bonchev–Trinajstić information content (AvgIpc) is 3.06. The Morgan fingerprint density at radius 3 is 2.43 bits per heavy atom.